The van der Waals surface area contributed by atoms with Crippen LogP contribution in [-0.4, -0.2) is 76.6 Å². The highest BCUT2D eigenvalue weighted by molar-refractivity contribution is 5.78. The van der Waals surface area contributed by atoms with Crippen molar-refractivity contribution in [3.8, 4) is 0 Å². The van der Waals surface area contributed by atoms with Gasteiger partial charge in [-0.2, -0.15) is 5.10 Å². The third kappa shape index (κ3) is 3.63. The lowest BCUT2D eigenvalue weighted by molar-refractivity contribution is -0.147. The number of carbonyl (C=O) groups is 1. The first kappa shape index (κ1) is 17.4. The quantitative estimate of drug-likeness (QED) is 0.807. The molecular formula is C17H28N4O3. The van der Waals surface area contributed by atoms with Crippen molar-refractivity contribution in [2.24, 2.45) is 7.05 Å². The molecule has 7 heteroatoms. The number of morpholine rings is 1. The standard InChI is InChI=1S/C17H28N4O3/c1-13(2)21-11-17(12-23-9-16(21)22)10-20(5-6-24-17)8-15-7-19(4)18-14(15)3/h7,13H,5-6,8-12H2,1-4H3. The average Bonchev–Trinajstić information content (AvgIpc) is 2.73. The summed E-state index contributed by atoms with van der Waals surface area (Å²) in [5.74, 6) is 0.0469. The van der Waals surface area contributed by atoms with E-state index in [1.165, 1.54) is 5.56 Å². The molecule has 0 aromatic carbocycles. The third-order valence-electron chi connectivity index (χ3n) is 4.83. The summed E-state index contributed by atoms with van der Waals surface area (Å²) in [5, 5.41) is 4.42. The molecule has 0 N–H and O–H groups in total. The second-order valence-corrected chi connectivity index (χ2v) is 7.26. The van der Waals surface area contributed by atoms with Crippen LogP contribution in [0.4, 0.5) is 0 Å². The van der Waals surface area contributed by atoms with Crippen molar-refractivity contribution in [2.45, 2.75) is 39.0 Å². The first-order valence-corrected chi connectivity index (χ1v) is 8.61. The number of nitrogens with zero attached hydrogens (tertiary/aromatic N) is 4. The molecule has 0 aliphatic carbocycles. The van der Waals surface area contributed by atoms with E-state index in [9.17, 15) is 4.79 Å². The van der Waals surface area contributed by atoms with Gasteiger partial charge >= 0.3 is 0 Å². The maximum absolute atomic E-state index is 12.2. The first-order valence-electron chi connectivity index (χ1n) is 8.61. The number of aromatic nitrogens is 2. The highest BCUT2D eigenvalue weighted by Crippen LogP contribution is 2.25. The lowest BCUT2D eigenvalue weighted by atomic mass is 10.0. The zero-order valence-electron chi connectivity index (χ0n) is 15.1. The normalized spacial score (nSPS) is 26.4. The van der Waals surface area contributed by atoms with Crippen molar-refractivity contribution < 1.29 is 14.3 Å². The van der Waals surface area contributed by atoms with E-state index in [0.717, 1.165) is 25.3 Å². The molecule has 1 spiro atoms. The molecule has 2 fully saturated rings. The maximum Gasteiger partial charge on any atom is 0.248 e. The molecule has 1 aromatic heterocycles. The van der Waals surface area contributed by atoms with Crippen molar-refractivity contribution in [2.75, 3.05) is 39.5 Å². The van der Waals surface area contributed by atoms with Gasteiger partial charge in [0.25, 0.3) is 0 Å². The van der Waals surface area contributed by atoms with Crippen molar-refractivity contribution in [3.63, 3.8) is 0 Å². The Morgan fingerprint density at radius 1 is 1.38 bits per heavy atom. The van der Waals surface area contributed by atoms with Crippen molar-refractivity contribution in [1.82, 2.24) is 19.6 Å². The summed E-state index contributed by atoms with van der Waals surface area (Å²) in [6, 6.07) is 0.149. The molecule has 0 saturated carbocycles. The van der Waals surface area contributed by atoms with Crippen molar-refractivity contribution in [3.05, 3.63) is 17.5 Å². The first-order chi connectivity index (χ1) is 11.4. The van der Waals surface area contributed by atoms with E-state index in [1.807, 2.05) is 37.4 Å². The van der Waals surface area contributed by atoms with Crippen LogP contribution in [0.25, 0.3) is 0 Å². The zero-order valence-corrected chi connectivity index (χ0v) is 15.1. The minimum atomic E-state index is -0.440. The summed E-state index contributed by atoms with van der Waals surface area (Å²) in [6.07, 6.45) is 2.07. The van der Waals surface area contributed by atoms with Gasteiger partial charge in [-0.15, -0.1) is 0 Å². The van der Waals surface area contributed by atoms with Crippen LogP contribution in [-0.2, 0) is 27.9 Å². The molecule has 2 aliphatic heterocycles. The highest BCUT2D eigenvalue weighted by atomic mass is 16.5. The van der Waals surface area contributed by atoms with E-state index in [-0.39, 0.29) is 18.6 Å². The Balaban J connectivity index is 1.73. The van der Waals surface area contributed by atoms with Gasteiger partial charge in [-0.3, -0.25) is 14.4 Å². The predicted molar refractivity (Wildman–Crippen MR) is 89.6 cm³/mol. The molecule has 134 valence electrons. The molecular weight excluding hydrogens is 308 g/mol. The van der Waals surface area contributed by atoms with Gasteiger partial charge in [0.2, 0.25) is 5.91 Å². The van der Waals surface area contributed by atoms with Crippen LogP contribution >= 0.6 is 0 Å². The summed E-state index contributed by atoms with van der Waals surface area (Å²) in [6.45, 7) is 10.5. The molecule has 1 aromatic rings. The molecule has 3 rings (SSSR count). The zero-order chi connectivity index (χ0) is 17.3. The number of ether oxygens (including phenoxy) is 2. The van der Waals surface area contributed by atoms with E-state index in [2.05, 4.69) is 16.2 Å². The SMILES string of the molecule is Cc1nn(C)cc1CN1CCOC2(COCC(=O)N(C(C)C)C2)C1. The Bertz CT molecular complexity index is 601. The second-order valence-electron chi connectivity index (χ2n) is 7.26. The monoisotopic (exact) mass is 336 g/mol. The van der Waals surface area contributed by atoms with Gasteiger partial charge in [-0.25, -0.2) is 0 Å². The molecule has 2 saturated heterocycles. The fourth-order valence-corrected chi connectivity index (χ4v) is 3.61. The van der Waals surface area contributed by atoms with Gasteiger partial charge in [0.15, 0.2) is 0 Å². The van der Waals surface area contributed by atoms with Crippen LogP contribution in [0.3, 0.4) is 0 Å². The van der Waals surface area contributed by atoms with E-state index in [1.54, 1.807) is 0 Å². The fraction of sp³-hybridized carbons (Fsp3) is 0.765. The van der Waals surface area contributed by atoms with Crippen LogP contribution in [0, 0.1) is 6.92 Å². The van der Waals surface area contributed by atoms with Crippen LogP contribution in [0.5, 0.6) is 0 Å². The molecule has 2 aliphatic rings. The molecule has 1 amide bonds. The molecule has 1 unspecified atom stereocenters. The Labute approximate surface area is 143 Å². The minimum absolute atomic E-state index is 0.0469. The summed E-state index contributed by atoms with van der Waals surface area (Å²) in [7, 11) is 1.95. The van der Waals surface area contributed by atoms with Gasteiger partial charge in [-0.1, -0.05) is 0 Å². The predicted octanol–water partition coefficient (Wildman–Crippen LogP) is 0.567. The number of hydrogen-bond donors (Lipinski definition) is 0. The van der Waals surface area contributed by atoms with Crippen LogP contribution in [0.2, 0.25) is 0 Å². The summed E-state index contributed by atoms with van der Waals surface area (Å²) >= 11 is 0. The van der Waals surface area contributed by atoms with E-state index in [4.69, 9.17) is 9.47 Å². The Morgan fingerprint density at radius 2 is 2.17 bits per heavy atom. The lowest BCUT2D eigenvalue weighted by Crippen LogP contribution is -2.59. The van der Waals surface area contributed by atoms with Gasteiger partial charge in [0.05, 0.1) is 25.5 Å². The highest BCUT2D eigenvalue weighted by Gasteiger charge is 2.42. The molecule has 3 heterocycles. The molecule has 1 atom stereocenters. The van der Waals surface area contributed by atoms with Gasteiger partial charge < -0.3 is 14.4 Å². The topological polar surface area (TPSA) is 59.8 Å². The van der Waals surface area contributed by atoms with E-state index < -0.39 is 5.60 Å². The summed E-state index contributed by atoms with van der Waals surface area (Å²) in [5.41, 5.74) is 1.86. The Kier molecular flexibility index (Phi) is 4.94. The second kappa shape index (κ2) is 6.82. The number of hydrogen-bond acceptors (Lipinski definition) is 5. The van der Waals surface area contributed by atoms with Crippen LogP contribution in [0.15, 0.2) is 6.20 Å². The number of rotatable bonds is 3. The number of amides is 1. The fourth-order valence-electron chi connectivity index (χ4n) is 3.61. The van der Waals surface area contributed by atoms with Crippen LogP contribution in [0.1, 0.15) is 25.1 Å². The largest absolute Gasteiger partial charge is 0.369 e. The minimum Gasteiger partial charge on any atom is -0.369 e. The molecule has 24 heavy (non-hydrogen) atoms. The van der Waals surface area contributed by atoms with Crippen molar-refractivity contribution in [1.29, 1.82) is 0 Å². The van der Waals surface area contributed by atoms with Gasteiger partial charge in [-0.05, 0) is 20.8 Å². The smallest absolute Gasteiger partial charge is 0.248 e. The summed E-state index contributed by atoms with van der Waals surface area (Å²) < 4.78 is 13.6. The molecule has 0 bridgehead atoms. The molecule has 0 radical (unpaired) electrons. The number of carbonyl (C=O) groups excluding carboxylic acids is 1. The number of aryl methyl sites for hydroxylation is 2. The molecule has 7 nitrogen and oxygen atoms in total. The van der Waals surface area contributed by atoms with Gasteiger partial charge in [0, 0.05) is 44.5 Å². The van der Waals surface area contributed by atoms with Crippen LogP contribution < -0.4 is 0 Å². The van der Waals surface area contributed by atoms with Crippen molar-refractivity contribution >= 4 is 5.91 Å². The lowest BCUT2D eigenvalue weighted by Gasteiger charge is -2.44. The average molecular weight is 336 g/mol. The van der Waals surface area contributed by atoms with E-state index >= 15 is 0 Å². The van der Waals surface area contributed by atoms with E-state index in [0.29, 0.717) is 19.8 Å². The Hall–Kier alpha value is -1.44. The Morgan fingerprint density at radius 3 is 2.83 bits per heavy atom. The maximum atomic E-state index is 12.2. The van der Waals surface area contributed by atoms with Gasteiger partial charge in [0.1, 0.15) is 12.2 Å². The summed E-state index contributed by atoms with van der Waals surface area (Å²) in [4.78, 5) is 16.5. The third-order valence-corrected chi connectivity index (χ3v) is 4.83.